The van der Waals surface area contributed by atoms with Gasteiger partial charge in [-0.15, -0.1) is 10.2 Å². The first kappa shape index (κ1) is 27.6. The van der Waals surface area contributed by atoms with Crippen LogP contribution in [-0.4, -0.2) is 89.7 Å². The van der Waals surface area contributed by atoms with Gasteiger partial charge in [0.15, 0.2) is 17.5 Å². The number of tetrazole rings is 1. The molecule has 2 fully saturated rings. The Morgan fingerprint density at radius 3 is 2.55 bits per heavy atom. The lowest BCUT2D eigenvalue weighted by atomic mass is 10.1. The molecule has 0 unspecified atom stereocenters. The summed E-state index contributed by atoms with van der Waals surface area (Å²) in [6.45, 7) is 1.64. The predicted molar refractivity (Wildman–Crippen MR) is 140 cm³/mol. The monoisotopic (exact) mass is 554 g/mol. The lowest BCUT2D eigenvalue weighted by Crippen LogP contribution is -2.48. The van der Waals surface area contributed by atoms with E-state index >= 15 is 0 Å². The number of benzene rings is 1. The summed E-state index contributed by atoms with van der Waals surface area (Å²) in [4.78, 5) is 30.0. The molecule has 0 aliphatic carbocycles. The van der Waals surface area contributed by atoms with Crippen molar-refractivity contribution in [2.75, 3.05) is 40.5 Å². The van der Waals surface area contributed by atoms with Crippen LogP contribution < -0.4 is 14.8 Å². The number of nitrogens with zero attached hydrogens (tertiary/aromatic N) is 5. The minimum atomic E-state index is -0.998. The summed E-state index contributed by atoms with van der Waals surface area (Å²) in [5, 5.41) is 15.6. The number of hydrogen-bond donors (Lipinski definition) is 1. The van der Waals surface area contributed by atoms with E-state index in [4.69, 9.17) is 23.4 Å². The Bertz CT molecular complexity index is 1270. The number of carbonyl (C=O) groups is 2. The molecule has 2 amide bonds. The molecule has 5 rings (SSSR count). The second-order valence-corrected chi connectivity index (χ2v) is 9.69. The Morgan fingerprint density at radius 1 is 1.10 bits per heavy atom. The first-order valence-corrected chi connectivity index (χ1v) is 13.4. The number of nitrogens with one attached hydrogen (secondary N) is 1. The highest BCUT2D eigenvalue weighted by Crippen LogP contribution is 2.31. The third-order valence-corrected chi connectivity index (χ3v) is 7.02. The van der Waals surface area contributed by atoms with Gasteiger partial charge in [-0.2, -0.15) is 4.80 Å². The smallest absolute Gasteiger partial charge is 0.250 e. The zero-order valence-corrected chi connectivity index (χ0v) is 22.7. The topological polar surface area (TPSA) is 143 Å². The maximum absolute atomic E-state index is 13.8. The maximum Gasteiger partial charge on any atom is 0.250 e. The highest BCUT2D eigenvalue weighted by molar-refractivity contribution is 5.88. The standard InChI is InChI=1S/C27H34N6O7/c1-36-21-10-9-18(14-23(21)37-2)26-29-31-33(30-26)17-24(34)32(16-20-7-4-12-39-20)25(22-8-5-13-40-22)27(35)28-15-19-6-3-11-38-19/h5,8-10,13-14,19-20,25H,3-4,6-7,11-12,15-17H2,1-2H3,(H,28,35)/t19-,20-,25-/m0/s1. The summed E-state index contributed by atoms with van der Waals surface area (Å²) in [5.74, 6) is 1.03. The summed E-state index contributed by atoms with van der Waals surface area (Å²) in [5.41, 5.74) is 0.648. The summed E-state index contributed by atoms with van der Waals surface area (Å²) >= 11 is 0. The van der Waals surface area contributed by atoms with E-state index in [-0.39, 0.29) is 37.1 Å². The van der Waals surface area contributed by atoms with Crippen LogP contribution in [0.15, 0.2) is 41.0 Å². The first-order chi connectivity index (χ1) is 19.6. The van der Waals surface area contributed by atoms with Gasteiger partial charge in [-0.05, 0) is 61.2 Å². The molecule has 2 aromatic heterocycles. The van der Waals surface area contributed by atoms with Crippen molar-refractivity contribution in [2.24, 2.45) is 0 Å². The Hall–Kier alpha value is -3.97. The molecule has 1 N–H and O–H groups in total. The second kappa shape index (κ2) is 12.9. The molecule has 0 bridgehead atoms. The van der Waals surface area contributed by atoms with Gasteiger partial charge in [0.05, 0.1) is 32.7 Å². The van der Waals surface area contributed by atoms with Crippen molar-refractivity contribution in [1.82, 2.24) is 30.4 Å². The quantitative estimate of drug-likeness (QED) is 0.353. The fourth-order valence-corrected chi connectivity index (χ4v) is 4.96. The van der Waals surface area contributed by atoms with Gasteiger partial charge >= 0.3 is 0 Å². The number of aromatic nitrogens is 4. The molecule has 0 spiro atoms. The van der Waals surface area contributed by atoms with Crippen molar-refractivity contribution in [3.05, 3.63) is 42.4 Å². The van der Waals surface area contributed by atoms with Gasteiger partial charge in [0.1, 0.15) is 12.3 Å². The molecule has 40 heavy (non-hydrogen) atoms. The van der Waals surface area contributed by atoms with E-state index in [0.717, 1.165) is 25.7 Å². The molecule has 13 heteroatoms. The number of ether oxygens (including phenoxy) is 4. The van der Waals surface area contributed by atoms with Crippen LogP contribution in [0.1, 0.15) is 37.5 Å². The van der Waals surface area contributed by atoms with Crippen LogP contribution in [0.2, 0.25) is 0 Å². The van der Waals surface area contributed by atoms with Crippen LogP contribution >= 0.6 is 0 Å². The number of furan rings is 1. The van der Waals surface area contributed by atoms with E-state index in [1.807, 2.05) is 0 Å². The number of hydrogen-bond acceptors (Lipinski definition) is 10. The molecule has 2 aliphatic heterocycles. The van der Waals surface area contributed by atoms with Gasteiger partial charge in [0, 0.05) is 31.9 Å². The van der Waals surface area contributed by atoms with E-state index in [1.165, 1.54) is 16.0 Å². The summed E-state index contributed by atoms with van der Waals surface area (Å²) in [6.07, 6.45) is 4.77. The molecule has 0 saturated carbocycles. The molecule has 214 valence electrons. The number of methoxy groups -OCH3 is 2. The Morgan fingerprint density at radius 2 is 1.88 bits per heavy atom. The SMILES string of the molecule is COc1ccc(-c2nnn(CC(=O)N(C[C@@H]3CCCO3)[C@H](C(=O)NC[C@@H]3CCCO3)c3ccco3)n2)cc1OC. The Balaban J connectivity index is 1.36. The van der Waals surface area contributed by atoms with Crippen LogP contribution in [-0.2, 0) is 25.6 Å². The Labute approximate surface area is 231 Å². The summed E-state index contributed by atoms with van der Waals surface area (Å²) in [7, 11) is 3.10. The van der Waals surface area contributed by atoms with Crippen LogP contribution in [0.4, 0.5) is 0 Å². The van der Waals surface area contributed by atoms with Crippen molar-refractivity contribution in [2.45, 2.75) is 50.5 Å². The zero-order valence-electron chi connectivity index (χ0n) is 22.7. The van der Waals surface area contributed by atoms with E-state index in [1.54, 1.807) is 44.6 Å². The molecule has 3 aromatic rings. The predicted octanol–water partition coefficient (Wildman–Crippen LogP) is 1.99. The normalized spacial score (nSPS) is 19.4. The van der Waals surface area contributed by atoms with Gasteiger partial charge in [-0.1, -0.05) is 0 Å². The van der Waals surface area contributed by atoms with Crippen molar-refractivity contribution >= 4 is 11.8 Å². The van der Waals surface area contributed by atoms with Crippen molar-refractivity contribution in [3.8, 4) is 22.9 Å². The molecular formula is C27H34N6O7. The molecule has 3 atom stereocenters. The fourth-order valence-electron chi connectivity index (χ4n) is 4.96. The maximum atomic E-state index is 13.8. The summed E-state index contributed by atoms with van der Waals surface area (Å²) in [6, 6.07) is 7.64. The average molecular weight is 555 g/mol. The van der Waals surface area contributed by atoms with Crippen LogP contribution in [0.25, 0.3) is 11.4 Å². The average Bonchev–Trinajstić information content (AvgIpc) is 3.80. The van der Waals surface area contributed by atoms with E-state index in [2.05, 4.69) is 20.7 Å². The summed E-state index contributed by atoms with van der Waals surface area (Å²) < 4.78 is 27.8. The lowest BCUT2D eigenvalue weighted by molar-refractivity contribution is -0.144. The fraction of sp³-hybridized carbons (Fsp3) is 0.519. The minimum Gasteiger partial charge on any atom is -0.493 e. The third-order valence-electron chi connectivity index (χ3n) is 7.02. The molecule has 4 heterocycles. The molecule has 2 saturated heterocycles. The van der Waals surface area contributed by atoms with Crippen molar-refractivity contribution in [1.29, 1.82) is 0 Å². The first-order valence-electron chi connectivity index (χ1n) is 13.4. The van der Waals surface area contributed by atoms with E-state index in [9.17, 15) is 9.59 Å². The number of carbonyl (C=O) groups excluding carboxylic acids is 2. The molecule has 2 aliphatic rings. The van der Waals surface area contributed by atoms with Crippen LogP contribution in [0, 0.1) is 0 Å². The van der Waals surface area contributed by atoms with Gasteiger partial charge in [0.25, 0.3) is 5.91 Å². The van der Waals surface area contributed by atoms with Crippen molar-refractivity contribution in [3.63, 3.8) is 0 Å². The Kier molecular flexibility index (Phi) is 8.91. The van der Waals surface area contributed by atoms with Gasteiger partial charge < -0.3 is 33.6 Å². The van der Waals surface area contributed by atoms with Gasteiger partial charge in [0.2, 0.25) is 11.7 Å². The highest BCUT2D eigenvalue weighted by Gasteiger charge is 2.36. The highest BCUT2D eigenvalue weighted by atomic mass is 16.5. The molecule has 13 nitrogen and oxygen atoms in total. The number of amides is 2. The zero-order chi connectivity index (χ0) is 27.9. The molecule has 1 aromatic carbocycles. The molecular weight excluding hydrogens is 520 g/mol. The van der Waals surface area contributed by atoms with Crippen LogP contribution in [0.3, 0.4) is 0 Å². The van der Waals surface area contributed by atoms with E-state index < -0.39 is 6.04 Å². The van der Waals surface area contributed by atoms with Gasteiger partial charge in [-0.3, -0.25) is 9.59 Å². The van der Waals surface area contributed by atoms with E-state index in [0.29, 0.717) is 48.4 Å². The molecule has 0 radical (unpaired) electrons. The van der Waals surface area contributed by atoms with Gasteiger partial charge in [-0.25, -0.2) is 0 Å². The lowest BCUT2D eigenvalue weighted by Gasteiger charge is -2.31. The minimum absolute atomic E-state index is 0.0436. The van der Waals surface area contributed by atoms with Crippen molar-refractivity contribution < 1.29 is 33.0 Å². The second-order valence-electron chi connectivity index (χ2n) is 9.69. The third kappa shape index (κ3) is 6.42. The van der Waals surface area contributed by atoms with Crippen LogP contribution in [0.5, 0.6) is 11.5 Å². The number of rotatable bonds is 12. The largest absolute Gasteiger partial charge is 0.493 e.